The summed E-state index contributed by atoms with van der Waals surface area (Å²) < 4.78 is 1.35. The van der Waals surface area contributed by atoms with Gasteiger partial charge in [0.15, 0.2) is 0 Å². The molecule has 0 atom stereocenters. The van der Waals surface area contributed by atoms with Crippen LogP contribution in [0.3, 0.4) is 0 Å². The third-order valence-electron chi connectivity index (χ3n) is 2.12. The number of hydrogen-bond acceptors (Lipinski definition) is 3. The monoisotopic (exact) mass is 195 g/mol. The van der Waals surface area contributed by atoms with Gasteiger partial charge in [-0.2, -0.15) is 10.5 Å². The molecular formula is C11H5N3O. The fraction of sp³-hybridized carbons (Fsp3) is 0. The van der Waals surface area contributed by atoms with Gasteiger partial charge in [0.1, 0.15) is 12.1 Å². The fourth-order valence-electron chi connectivity index (χ4n) is 1.45. The van der Waals surface area contributed by atoms with Crippen molar-refractivity contribution < 1.29 is 0 Å². The quantitative estimate of drug-likeness (QED) is 0.630. The van der Waals surface area contributed by atoms with E-state index < -0.39 is 0 Å². The third kappa shape index (κ3) is 1.25. The van der Waals surface area contributed by atoms with Crippen molar-refractivity contribution in [2.75, 3.05) is 0 Å². The van der Waals surface area contributed by atoms with Gasteiger partial charge >= 0.3 is 0 Å². The maximum Gasteiger partial charge on any atom is 0.256 e. The van der Waals surface area contributed by atoms with E-state index in [4.69, 9.17) is 10.5 Å². The Kier molecular flexibility index (Phi) is 1.97. The van der Waals surface area contributed by atoms with Gasteiger partial charge in [0.2, 0.25) is 0 Å². The number of rotatable bonds is 0. The average molecular weight is 195 g/mol. The van der Waals surface area contributed by atoms with E-state index in [-0.39, 0.29) is 16.7 Å². The second-order valence-corrected chi connectivity index (χ2v) is 2.95. The molecule has 0 aromatic carbocycles. The molecule has 2 rings (SSSR count). The zero-order valence-corrected chi connectivity index (χ0v) is 7.64. The summed E-state index contributed by atoms with van der Waals surface area (Å²) in [6, 6.07) is 10.0. The molecule has 0 unspecified atom stereocenters. The molecule has 2 heterocycles. The van der Waals surface area contributed by atoms with Crippen LogP contribution in [0.5, 0.6) is 0 Å². The summed E-state index contributed by atoms with van der Waals surface area (Å²) >= 11 is 0. The summed E-state index contributed by atoms with van der Waals surface area (Å²) in [5, 5.41) is 17.7. The highest BCUT2D eigenvalue weighted by Gasteiger charge is 2.08. The van der Waals surface area contributed by atoms with Crippen LogP contribution in [0.1, 0.15) is 11.1 Å². The molecule has 0 N–H and O–H groups in total. The van der Waals surface area contributed by atoms with Gasteiger partial charge in [0.05, 0.1) is 16.6 Å². The number of fused-ring (bicyclic) bond motifs is 1. The molecule has 0 fully saturated rings. The van der Waals surface area contributed by atoms with E-state index in [1.807, 2.05) is 12.1 Å². The lowest BCUT2D eigenvalue weighted by Gasteiger charge is -2.02. The van der Waals surface area contributed by atoms with Crippen LogP contribution < -0.4 is 5.56 Å². The van der Waals surface area contributed by atoms with Crippen LogP contribution >= 0.6 is 0 Å². The van der Waals surface area contributed by atoms with Crippen molar-refractivity contribution in [3.05, 3.63) is 51.9 Å². The van der Waals surface area contributed by atoms with Crippen LogP contribution in [0.2, 0.25) is 0 Å². The van der Waals surface area contributed by atoms with Crippen LogP contribution in [0.15, 0.2) is 35.3 Å². The van der Waals surface area contributed by atoms with Crippen molar-refractivity contribution in [2.45, 2.75) is 0 Å². The summed E-state index contributed by atoms with van der Waals surface area (Å²) in [5.74, 6) is 0. The molecule has 70 valence electrons. The lowest BCUT2D eigenvalue weighted by molar-refractivity contribution is 1.09. The first-order chi connectivity index (χ1) is 7.27. The number of aromatic nitrogens is 1. The first kappa shape index (κ1) is 8.98. The van der Waals surface area contributed by atoms with Crippen LogP contribution in [-0.2, 0) is 0 Å². The van der Waals surface area contributed by atoms with E-state index >= 15 is 0 Å². The highest BCUT2D eigenvalue weighted by molar-refractivity contribution is 5.66. The minimum atomic E-state index is -0.304. The summed E-state index contributed by atoms with van der Waals surface area (Å²) in [6.07, 6.45) is 1.57. The molecule has 0 radical (unpaired) electrons. The summed E-state index contributed by atoms with van der Waals surface area (Å²) in [7, 11) is 0. The normalized spacial score (nSPS) is 9.47. The van der Waals surface area contributed by atoms with Gasteiger partial charge in [-0.1, -0.05) is 6.07 Å². The second-order valence-electron chi connectivity index (χ2n) is 2.95. The van der Waals surface area contributed by atoms with Crippen molar-refractivity contribution in [1.82, 2.24) is 4.40 Å². The predicted octanol–water partition coefficient (Wildman–Crippen LogP) is 1.04. The molecule has 2 aromatic rings. The maximum atomic E-state index is 11.5. The van der Waals surface area contributed by atoms with Gasteiger partial charge < -0.3 is 0 Å². The topological polar surface area (TPSA) is 69.1 Å². The smallest absolute Gasteiger partial charge is 0.256 e. The zero-order valence-electron chi connectivity index (χ0n) is 7.64. The van der Waals surface area contributed by atoms with E-state index in [2.05, 4.69) is 0 Å². The Hall–Kier alpha value is -2.59. The second kappa shape index (κ2) is 3.28. The van der Waals surface area contributed by atoms with Crippen LogP contribution in [0, 0.1) is 22.7 Å². The van der Waals surface area contributed by atoms with Gasteiger partial charge in [-0.25, -0.2) is 0 Å². The highest BCUT2D eigenvalue weighted by Crippen LogP contribution is 2.11. The summed E-state index contributed by atoms with van der Waals surface area (Å²) in [5.41, 5.74) is 0.511. The number of pyridine rings is 2. The van der Waals surface area contributed by atoms with E-state index in [0.717, 1.165) is 0 Å². The van der Waals surface area contributed by atoms with E-state index in [1.54, 1.807) is 24.4 Å². The molecule has 0 aliphatic heterocycles. The van der Waals surface area contributed by atoms with Crippen molar-refractivity contribution >= 4 is 5.52 Å². The summed E-state index contributed by atoms with van der Waals surface area (Å²) in [4.78, 5) is 11.5. The number of nitriles is 2. The molecular weight excluding hydrogens is 190 g/mol. The molecule has 0 bridgehead atoms. The number of nitrogens with zero attached hydrogens (tertiary/aromatic N) is 3. The van der Waals surface area contributed by atoms with Gasteiger partial charge in [0, 0.05) is 12.3 Å². The Morgan fingerprint density at radius 1 is 1.20 bits per heavy atom. The average Bonchev–Trinajstić information content (AvgIpc) is 2.29. The van der Waals surface area contributed by atoms with Gasteiger partial charge in [-0.15, -0.1) is 0 Å². The summed E-state index contributed by atoms with van der Waals surface area (Å²) in [6.45, 7) is 0. The van der Waals surface area contributed by atoms with E-state index in [9.17, 15) is 4.79 Å². The Balaban J connectivity index is 3.09. The highest BCUT2D eigenvalue weighted by atomic mass is 16.1. The maximum absolute atomic E-state index is 11.5. The van der Waals surface area contributed by atoms with Crippen LogP contribution in [-0.4, -0.2) is 4.40 Å². The standard InChI is InChI=1S/C11H5N3O/c12-6-8-5-11(15)14-4-2-1-3-10(14)9(8)7-13/h1-5H. The van der Waals surface area contributed by atoms with Crippen molar-refractivity contribution in [1.29, 1.82) is 10.5 Å². The van der Waals surface area contributed by atoms with Crippen molar-refractivity contribution in [3.63, 3.8) is 0 Å². The van der Waals surface area contributed by atoms with Gasteiger partial charge in [0.25, 0.3) is 5.56 Å². The third-order valence-corrected chi connectivity index (χ3v) is 2.12. The Labute approximate surface area is 85.2 Å². The molecule has 2 aromatic heterocycles. The SMILES string of the molecule is N#Cc1cc(=O)n2ccccc2c1C#N. The predicted molar refractivity (Wildman–Crippen MR) is 53.1 cm³/mol. The lowest BCUT2D eigenvalue weighted by atomic mass is 10.1. The zero-order chi connectivity index (χ0) is 10.8. The Morgan fingerprint density at radius 2 is 2.00 bits per heavy atom. The minimum absolute atomic E-state index is 0.119. The Bertz CT molecular complexity index is 671. The minimum Gasteiger partial charge on any atom is -0.283 e. The van der Waals surface area contributed by atoms with E-state index in [1.165, 1.54) is 10.5 Å². The molecule has 4 nitrogen and oxygen atoms in total. The van der Waals surface area contributed by atoms with E-state index in [0.29, 0.717) is 5.52 Å². The molecule has 0 saturated heterocycles. The molecule has 0 aliphatic carbocycles. The molecule has 0 aliphatic rings. The first-order valence-corrected chi connectivity index (χ1v) is 4.22. The molecule has 0 amide bonds. The molecule has 15 heavy (non-hydrogen) atoms. The van der Waals surface area contributed by atoms with Crippen LogP contribution in [0.4, 0.5) is 0 Å². The molecule has 4 heteroatoms. The first-order valence-electron chi connectivity index (χ1n) is 4.22. The van der Waals surface area contributed by atoms with Crippen molar-refractivity contribution in [2.24, 2.45) is 0 Å². The number of hydrogen-bond donors (Lipinski definition) is 0. The molecule has 0 saturated carbocycles. The molecule has 0 spiro atoms. The fourth-order valence-corrected chi connectivity index (χ4v) is 1.45. The van der Waals surface area contributed by atoms with Gasteiger partial charge in [-0.3, -0.25) is 9.20 Å². The Morgan fingerprint density at radius 3 is 2.67 bits per heavy atom. The van der Waals surface area contributed by atoms with Crippen molar-refractivity contribution in [3.8, 4) is 12.1 Å². The van der Waals surface area contributed by atoms with Crippen LogP contribution in [0.25, 0.3) is 5.52 Å². The lowest BCUT2D eigenvalue weighted by Crippen LogP contribution is -2.14. The largest absolute Gasteiger partial charge is 0.283 e. The van der Waals surface area contributed by atoms with Gasteiger partial charge in [-0.05, 0) is 12.1 Å².